The maximum Gasteiger partial charge on any atom is 0.269 e. The first kappa shape index (κ1) is 16.0. The summed E-state index contributed by atoms with van der Waals surface area (Å²) >= 11 is 1.47. The first-order chi connectivity index (χ1) is 10.5. The first-order valence-electron chi connectivity index (χ1n) is 6.70. The Bertz CT molecular complexity index is 716. The number of hydrogen-bond acceptors (Lipinski definition) is 4. The molecule has 0 aliphatic heterocycles. The van der Waals surface area contributed by atoms with Crippen molar-refractivity contribution in [2.24, 2.45) is 0 Å². The van der Waals surface area contributed by atoms with Crippen LogP contribution in [0.25, 0.3) is 0 Å². The molecule has 0 aromatic heterocycles. The smallest absolute Gasteiger partial charge is 0.269 e. The Morgan fingerprint density at radius 1 is 1.18 bits per heavy atom. The summed E-state index contributed by atoms with van der Waals surface area (Å²) in [7, 11) is 0. The molecule has 0 spiro atoms. The molecule has 22 heavy (non-hydrogen) atoms. The molecule has 2 aromatic rings. The van der Waals surface area contributed by atoms with Gasteiger partial charge < -0.3 is 5.32 Å². The lowest BCUT2D eigenvalue weighted by molar-refractivity contribution is -0.384. The van der Waals surface area contributed by atoms with Crippen LogP contribution in [0.4, 0.5) is 11.4 Å². The normalized spacial score (nSPS) is 10.3. The van der Waals surface area contributed by atoms with Crippen LogP contribution >= 0.6 is 11.8 Å². The third kappa shape index (κ3) is 4.08. The number of rotatable bonds is 5. The van der Waals surface area contributed by atoms with E-state index < -0.39 is 4.92 Å². The van der Waals surface area contributed by atoms with Crippen molar-refractivity contribution >= 4 is 29.0 Å². The molecule has 0 aliphatic carbocycles. The molecule has 2 rings (SSSR count). The molecule has 5 nitrogen and oxygen atoms in total. The fourth-order valence-corrected chi connectivity index (χ4v) is 2.78. The summed E-state index contributed by atoms with van der Waals surface area (Å²) < 4.78 is 0. The molecule has 1 N–H and O–H groups in total. The fourth-order valence-electron chi connectivity index (χ4n) is 1.95. The van der Waals surface area contributed by atoms with Gasteiger partial charge in [-0.15, -0.1) is 11.8 Å². The van der Waals surface area contributed by atoms with Crippen LogP contribution in [0.5, 0.6) is 0 Å². The van der Waals surface area contributed by atoms with Crippen molar-refractivity contribution in [1.29, 1.82) is 0 Å². The minimum absolute atomic E-state index is 0.0183. The second-order valence-electron chi connectivity index (χ2n) is 4.86. The van der Waals surface area contributed by atoms with Crippen LogP contribution in [0, 0.1) is 24.0 Å². The summed E-state index contributed by atoms with van der Waals surface area (Å²) in [6.45, 7) is 3.73. The lowest BCUT2D eigenvalue weighted by Crippen LogP contribution is -2.15. The Balaban J connectivity index is 1.98. The highest BCUT2D eigenvalue weighted by Crippen LogP contribution is 2.24. The van der Waals surface area contributed by atoms with Crippen molar-refractivity contribution in [3.8, 4) is 0 Å². The molecule has 0 aliphatic rings. The summed E-state index contributed by atoms with van der Waals surface area (Å²) in [5.74, 6) is 0.159. The number of nitrogens with one attached hydrogen (secondary N) is 1. The molecule has 0 radical (unpaired) electrons. The van der Waals surface area contributed by atoms with Gasteiger partial charge in [0.1, 0.15) is 0 Å². The van der Waals surface area contributed by atoms with Crippen molar-refractivity contribution in [1.82, 2.24) is 0 Å². The van der Waals surface area contributed by atoms with Crippen LogP contribution in [-0.2, 0) is 4.79 Å². The molecule has 1 amide bonds. The molecule has 0 bridgehead atoms. The monoisotopic (exact) mass is 316 g/mol. The first-order valence-corrected chi connectivity index (χ1v) is 7.69. The van der Waals surface area contributed by atoms with E-state index in [4.69, 9.17) is 0 Å². The standard InChI is InChI=1S/C16H16N2O3S/c1-11-5-3-4-6-15(11)22-10-16(19)17-14-8-7-13(18(20)21)9-12(14)2/h3-9H,10H2,1-2H3,(H,17,19). The van der Waals surface area contributed by atoms with Gasteiger partial charge in [-0.25, -0.2) is 0 Å². The number of non-ortho nitro benzene ring substituents is 1. The van der Waals surface area contributed by atoms with Crippen molar-refractivity contribution in [3.63, 3.8) is 0 Å². The maximum absolute atomic E-state index is 12.0. The fraction of sp³-hybridized carbons (Fsp3) is 0.188. The topological polar surface area (TPSA) is 72.2 Å². The number of anilines is 1. The van der Waals surface area contributed by atoms with Crippen LogP contribution < -0.4 is 5.32 Å². The number of carbonyl (C=O) groups excluding carboxylic acids is 1. The van der Waals surface area contributed by atoms with Crippen LogP contribution in [0.15, 0.2) is 47.4 Å². The Hall–Kier alpha value is -2.34. The molecule has 114 valence electrons. The van der Waals surface area contributed by atoms with Crippen LogP contribution in [0.1, 0.15) is 11.1 Å². The number of amides is 1. The zero-order chi connectivity index (χ0) is 16.1. The molecule has 0 atom stereocenters. The minimum Gasteiger partial charge on any atom is -0.325 e. The summed E-state index contributed by atoms with van der Waals surface area (Å²) in [6, 6.07) is 12.3. The summed E-state index contributed by atoms with van der Waals surface area (Å²) in [4.78, 5) is 23.3. The molecule has 6 heteroatoms. The SMILES string of the molecule is Cc1cc([N+](=O)[O-])ccc1NC(=O)CSc1ccccc1C. The average Bonchev–Trinajstić information content (AvgIpc) is 2.48. The highest BCUT2D eigenvalue weighted by molar-refractivity contribution is 8.00. The largest absolute Gasteiger partial charge is 0.325 e. The Kier molecular flexibility index (Phi) is 5.16. The Labute approximate surface area is 132 Å². The van der Waals surface area contributed by atoms with Gasteiger partial charge in [0, 0.05) is 22.7 Å². The van der Waals surface area contributed by atoms with Crippen LogP contribution in [0.2, 0.25) is 0 Å². The van der Waals surface area contributed by atoms with E-state index in [0.717, 1.165) is 10.5 Å². The quantitative estimate of drug-likeness (QED) is 0.515. The average molecular weight is 316 g/mol. The van der Waals surface area contributed by atoms with E-state index in [-0.39, 0.29) is 11.6 Å². The van der Waals surface area contributed by atoms with Gasteiger partial charge in [0.05, 0.1) is 10.7 Å². The van der Waals surface area contributed by atoms with E-state index in [9.17, 15) is 14.9 Å². The third-order valence-electron chi connectivity index (χ3n) is 3.15. The zero-order valence-corrected chi connectivity index (χ0v) is 13.1. The lowest BCUT2D eigenvalue weighted by Gasteiger charge is -2.09. The number of nitro groups is 1. The van der Waals surface area contributed by atoms with E-state index in [1.807, 2.05) is 31.2 Å². The molecule has 0 heterocycles. The number of benzene rings is 2. The van der Waals surface area contributed by atoms with Gasteiger partial charge in [-0.05, 0) is 37.1 Å². The van der Waals surface area contributed by atoms with Crippen LogP contribution in [-0.4, -0.2) is 16.6 Å². The summed E-state index contributed by atoms with van der Waals surface area (Å²) in [5, 5.41) is 13.5. The van der Waals surface area contributed by atoms with Gasteiger partial charge in [0.2, 0.25) is 5.91 Å². The van der Waals surface area contributed by atoms with E-state index in [1.165, 1.54) is 23.9 Å². The lowest BCUT2D eigenvalue weighted by atomic mass is 10.2. The van der Waals surface area contributed by atoms with Crippen molar-refractivity contribution in [2.45, 2.75) is 18.7 Å². The van der Waals surface area contributed by atoms with Gasteiger partial charge in [-0.1, -0.05) is 18.2 Å². The molecule has 0 saturated heterocycles. The van der Waals surface area contributed by atoms with E-state index >= 15 is 0 Å². The predicted octanol–water partition coefficient (Wildman–Crippen LogP) is 3.94. The number of hydrogen-bond donors (Lipinski definition) is 1. The third-order valence-corrected chi connectivity index (χ3v) is 4.32. The van der Waals surface area contributed by atoms with E-state index in [1.54, 1.807) is 13.0 Å². The highest BCUT2D eigenvalue weighted by Gasteiger charge is 2.10. The van der Waals surface area contributed by atoms with E-state index in [2.05, 4.69) is 5.32 Å². The van der Waals surface area contributed by atoms with Gasteiger partial charge in [-0.3, -0.25) is 14.9 Å². The van der Waals surface area contributed by atoms with Crippen molar-refractivity contribution < 1.29 is 9.72 Å². The number of nitro benzene ring substituents is 1. The van der Waals surface area contributed by atoms with Gasteiger partial charge in [-0.2, -0.15) is 0 Å². The molecular formula is C16H16N2O3S. The second kappa shape index (κ2) is 7.09. The van der Waals surface area contributed by atoms with E-state index in [0.29, 0.717) is 17.0 Å². The van der Waals surface area contributed by atoms with Gasteiger partial charge in [0.15, 0.2) is 0 Å². The number of nitrogens with zero attached hydrogens (tertiary/aromatic N) is 1. The Morgan fingerprint density at radius 2 is 1.91 bits per heavy atom. The zero-order valence-electron chi connectivity index (χ0n) is 12.3. The summed E-state index contributed by atoms with van der Waals surface area (Å²) in [6.07, 6.45) is 0. The molecular weight excluding hydrogens is 300 g/mol. The molecule has 0 saturated carbocycles. The van der Waals surface area contributed by atoms with Gasteiger partial charge in [0.25, 0.3) is 5.69 Å². The number of thioether (sulfide) groups is 1. The van der Waals surface area contributed by atoms with Crippen LogP contribution in [0.3, 0.4) is 0 Å². The van der Waals surface area contributed by atoms with Gasteiger partial charge >= 0.3 is 0 Å². The minimum atomic E-state index is -0.452. The molecule has 0 fully saturated rings. The number of aryl methyl sites for hydroxylation is 2. The Morgan fingerprint density at radius 3 is 2.55 bits per heavy atom. The summed E-state index contributed by atoms with van der Waals surface area (Å²) in [5.41, 5.74) is 2.42. The van der Waals surface area contributed by atoms with Crippen molar-refractivity contribution in [2.75, 3.05) is 11.1 Å². The second-order valence-corrected chi connectivity index (χ2v) is 5.88. The number of carbonyl (C=O) groups is 1. The highest BCUT2D eigenvalue weighted by atomic mass is 32.2. The van der Waals surface area contributed by atoms with Crippen molar-refractivity contribution in [3.05, 3.63) is 63.7 Å². The molecule has 0 unspecified atom stereocenters. The maximum atomic E-state index is 12.0. The molecule has 2 aromatic carbocycles. The predicted molar refractivity (Wildman–Crippen MR) is 88.4 cm³/mol.